The SMILES string of the molecule is O=C(C[C@H]1COCCN1C(=O)C[C@H]1C[C@H]2CC[C@H]1C2)c1cccs1. The maximum Gasteiger partial charge on any atom is 0.223 e. The van der Waals surface area contributed by atoms with Crippen LogP contribution in [0.3, 0.4) is 0 Å². The Hall–Kier alpha value is -1.20. The molecule has 1 saturated heterocycles. The Morgan fingerprint density at radius 3 is 2.88 bits per heavy atom. The third-order valence-corrected chi connectivity index (χ3v) is 7.00. The molecule has 24 heavy (non-hydrogen) atoms. The number of rotatable bonds is 5. The number of morpholine rings is 1. The third kappa shape index (κ3) is 3.29. The van der Waals surface area contributed by atoms with E-state index in [1.54, 1.807) is 0 Å². The summed E-state index contributed by atoms with van der Waals surface area (Å²) in [7, 11) is 0. The first-order chi connectivity index (χ1) is 11.7. The summed E-state index contributed by atoms with van der Waals surface area (Å²) in [5, 5.41) is 1.92. The van der Waals surface area contributed by atoms with Crippen molar-refractivity contribution >= 4 is 23.0 Å². The van der Waals surface area contributed by atoms with Crippen LogP contribution in [-0.4, -0.2) is 42.4 Å². The van der Waals surface area contributed by atoms with Crippen molar-refractivity contribution < 1.29 is 14.3 Å². The molecule has 3 fully saturated rings. The zero-order valence-electron chi connectivity index (χ0n) is 14.0. The van der Waals surface area contributed by atoms with Gasteiger partial charge in [0.2, 0.25) is 5.91 Å². The van der Waals surface area contributed by atoms with E-state index in [0.717, 1.165) is 16.7 Å². The zero-order chi connectivity index (χ0) is 16.5. The van der Waals surface area contributed by atoms with E-state index < -0.39 is 0 Å². The van der Waals surface area contributed by atoms with Crippen molar-refractivity contribution in [3.63, 3.8) is 0 Å². The fourth-order valence-corrected chi connectivity index (χ4v) is 5.55. The largest absolute Gasteiger partial charge is 0.377 e. The van der Waals surface area contributed by atoms with Crippen LogP contribution in [0.5, 0.6) is 0 Å². The van der Waals surface area contributed by atoms with E-state index in [1.165, 1.54) is 37.0 Å². The first-order valence-electron chi connectivity index (χ1n) is 9.14. The van der Waals surface area contributed by atoms with Gasteiger partial charge in [0.25, 0.3) is 0 Å². The molecule has 3 aliphatic rings. The molecule has 2 heterocycles. The fourth-order valence-electron chi connectivity index (χ4n) is 4.87. The maximum atomic E-state index is 12.9. The number of ketones is 1. The Labute approximate surface area is 147 Å². The highest BCUT2D eigenvalue weighted by atomic mass is 32.1. The molecule has 0 unspecified atom stereocenters. The van der Waals surface area contributed by atoms with Crippen LogP contribution >= 0.6 is 11.3 Å². The van der Waals surface area contributed by atoms with Gasteiger partial charge in [-0.15, -0.1) is 11.3 Å². The molecule has 2 bridgehead atoms. The summed E-state index contributed by atoms with van der Waals surface area (Å²) in [4.78, 5) is 28.0. The molecule has 4 atom stereocenters. The van der Waals surface area contributed by atoms with Crippen LogP contribution < -0.4 is 0 Å². The van der Waals surface area contributed by atoms with E-state index in [1.807, 2.05) is 22.4 Å². The summed E-state index contributed by atoms with van der Waals surface area (Å²) in [5.74, 6) is 2.57. The maximum absolute atomic E-state index is 12.9. The summed E-state index contributed by atoms with van der Waals surface area (Å²) in [5.41, 5.74) is 0. The minimum Gasteiger partial charge on any atom is -0.377 e. The monoisotopic (exact) mass is 347 g/mol. The third-order valence-electron chi connectivity index (χ3n) is 6.09. The smallest absolute Gasteiger partial charge is 0.223 e. The number of fused-ring (bicyclic) bond motifs is 2. The van der Waals surface area contributed by atoms with Crippen molar-refractivity contribution in [2.24, 2.45) is 17.8 Å². The molecule has 1 aromatic rings. The van der Waals surface area contributed by atoms with E-state index in [9.17, 15) is 9.59 Å². The lowest BCUT2D eigenvalue weighted by Gasteiger charge is -2.36. The second-order valence-corrected chi connectivity index (χ2v) is 8.51. The van der Waals surface area contributed by atoms with Crippen LogP contribution in [0.25, 0.3) is 0 Å². The van der Waals surface area contributed by atoms with Gasteiger partial charge in [-0.1, -0.05) is 12.5 Å². The summed E-state index contributed by atoms with van der Waals surface area (Å²) in [6.45, 7) is 1.70. The standard InChI is InChI=1S/C19H25NO3S/c21-17(18-2-1-7-24-18)11-16-12-23-6-5-20(16)19(22)10-15-9-13-3-4-14(15)8-13/h1-2,7,13-16H,3-6,8-12H2/t13-,14-,15+,16-/m0/s1. The highest BCUT2D eigenvalue weighted by Crippen LogP contribution is 2.49. The Kier molecular flexibility index (Phi) is 4.72. The van der Waals surface area contributed by atoms with Gasteiger partial charge in [-0.25, -0.2) is 0 Å². The van der Waals surface area contributed by atoms with Crippen LogP contribution in [0.2, 0.25) is 0 Å². The van der Waals surface area contributed by atoms with E-state index in [-0.39, 0.29) is 17.7 Å². The number of hydrogen-bond donors (Lipinski definition) is 0. The molecule has 2 saturated carbocycles. The fraction of sp³-hybridized carbons (Fsp3) is 0.684. The lowest BCUT2D eigenvalue weighted by atomic mass is 9.86. The van der Waals surface area contributed by atoms with E-state index >= 15 is 0 Å². The molecule has 0 radical (unpaired) electrons. The van der Waals surface area contributed by atoms with Crippen LogP contribution in [0, 0.1) is 17.8 Å². The molecule has 5 heteroatoms. The predicted octanol–water partition coefficient (Wildman–Crippen LogP) is 3.37. The van der Waals surface area contributed by atoms with Crippen molar-refractivity contribution in [3.8, 4) is 0 Å². The minimum absolute atomic E-state index is 0.0977. The Morgan fingerprint density at radius 2 is 2.17 bits per heavy atom. The molecular weight excluding hydrogens is 322 g/mol. The first kappa shape index (κ1) is 16.3. The van der Waals surface area contributed by atoms with Crippen LogP contribution in [-0.2, 0) is 9.53 Å². The summed E-state index contributed by atoms with van der Waals surface area (Å²) in [6, 6.07) is 3.66. The number of ether oxygens (including phenoxy) is 1. The summed E-state index contributed by atoms with van der Waals surface area (Å²) >= 11 is 1.47. The second kappa shape index (κ2) is 6.96. The van der Waals surface area contributed by atoms with Gasteiger partial charge in [-0.2, -0.15) is 0 Å². The van der Waals surface area contributed by atoms with Gasteiger partial charge in [-0.3, -0.25) is 9.59 Å². The van der Waals surface area contributed by atoms with Gasteiger partial charge >= 0.3 is 0 Å². The molecule has 2 aliphatic carbocycles. The highest BCUT2D eigenvalue weighted by Gasteiger charge is 2.41. The number of nitrogens with zero attached hydrogens (tertiary/aromatic N) is 1. The van der Waals surface area contributed by atoms with E-state index in [2.05, 4.69) is 0 Å². The van der Waals surface area contributed by atoms with Gasteiger partial charge in [0.05, 0.1) is 24.1 Å². The van der Waals surface area contributed by atoms with Crippen molar-refractivity contribution in [2.75, 3.05) is 19.8 Å². The number of amides is 1. The lowest BCUT2D eigenvalue weighted by Crippen LogP contribution is -2.50. The summed E-state index contributed by atoms with van der Waals surface area (Å²) in [6.07, 6.45) is 6.30. The number of Topliss-reactive ketones (excluding diaryl/α,β-unsaturated/α-hetero) is 1. The lowest BCUT2D eigenvalue weighted by molar-refractivity contribution is -0.141. The molecule has 0 spiro atoms. The number of carbonyl (C=O) groups excluding carboxylic acids is 2. The Morgan fingerprint density at radius 1 is 1.25 bits per heavy atom. The molecule has 0 N–H and O–H groups in total. The molecule has 1 aromatic heterocycles. The van der Waals surface area contributed by atoms with E-state index in [0.29, 0.717) is 38.5 Å². The van der Waals surface area contributed by atoms with Crippen molar-refractivity contribution in [1.29, 1.82) is 0 Å². The average Bonchev–Trinajstić information content (AvgIpc) is 3.33. The quantitative estimate of drug-likeness (QED) is 0.767. The number of hydrogen-bond acceptors (Lipinski definition) is 4. The number of thiophene rings is 1. The molecule has 1 aliphatic heterocycles. The molecule has 4 rings (SSSR count). The van der Waals surface area contributed by atoms with Crippen LogP contribution in [0.15, 0.2) is 17.5 Å². The normalized spacial score (nSPS) is 32.2. The Bertz CT molecular complexity index is 600. The van der Waals surface area contributed by atoms with Crippen molar-refractivity contribution in [3.05, 3.63) is 22.4 Å². The Balaban J connectivity index is 1.38. The van der Waals surface area contributed by atoms with Gasteiger partial charge in [0.1, 0.15) is 0 Å². The van der Waals surface area contributed by atoms with Gasteiger partial charge in [0, 0.05) is 19.4 Å². The summed E-state index contributed by atoms with van der Waals surface area (Å²) < 4.78 is 5.56. The zero-order valence-corrected chi connectivity index (χ0v) is 14.8. The second-order valence-electron chi connectivity index (χ2n) is 7.56. The average molecular weight is 347 g/mol. The van der Waals surface area contributed by atoms with Gasteiger partial charge in [-0.05, 0) is 48.5 Å². The van der Waals surface area contributed by atoms with Crippen LogP contribution in [0.4, 0.5) is 0 Å². The molecular formula is C19H25NO3S. The number of carbonyl (C=O) groups is 2. The topological polar surface area (TPSA) is 46.6 Å². The first-order valence-corrected chi connectivity index (χ1v) is 10.0. The molecule has 4 nitrogen and oxygen atoms in total. The van der Waals surface area contributed by atoms with Crippen molar-refractivity contribution in [2.45, 2.75) is 44.6 Å². The van der Waals surface area contributed by atoms with Gasteiger partial charge < -0.3 is 9.64 Å². The minimum atomic E-state index is -0.0977. The molecule has 1 amide bonds. The predicted molar refractivity (Wildman–Crippen MR) is 93.1 cm³/mol. The molecule has 130 valence electrons. The van der Waals surface area contributed by atoms with E-state index in [4.69, 9.17) is 4.74 Å². The van der Waals surface area contributed by atoms with Gasteiger partial charge in [0.15, 0.2) is 5.78 Å². The molecule has 0 aromatic carbocycles. The van der Waals surface area contributed by atoms with Crippen LogP contribution in [0.1, 0.15) is 48.2 Å². The van der Waals surface area contributed by atoms with Crippen molar-refractivity contribution in [1.82, 2.24) is 4.90 Å². The highest BCUT2D eigenvalue weighted by molar-refractivity contribution is 7.12.